The fourth-order valence-corrected chi connectivity index (χ4v) is 4.04. The predicted octanol–water partition coefficient (Wildman–Crippen LogP) is 3.04. The fourth-order valence-electron chi connectivity index (χ4n) is 3.18. The Morgan fingerprint density at radius 1 is 1.21 bits per heavy atom. The van der Waals surface area contributed by atoms with Crippen molar-refractivity contribution in [1.29, 1.82) is 0 Å². The summed E-state index contributed by atoms with van der Waals surface area (Å²) in [6.07, 6.45) is 0.746. The molecule has 0 bridgehead atoms. The number of carbonyl (C=O) groups excluding carboxylic acids is 1. The number of amides is 1. The molecule has 0 saturated carbocycles. The van der Waals surface area contributed by atoms with Gasteiger partial charge in [-0.25, -0.2) is 4.39 Å². The number of aryl methyl sites for hydroxylation is 4. The van der Waals surface area contributed by atoms with Crippen LogP contribution in [-0.2, 0) is 17.9 Å². The maximum Gasteiger partial charge on any atom is 0.308 e. The van der Waals surface area contributed by atoms with E-state index < -0.39 is 0 Å². The molecule has 1 aromatic carbocycles. The molecule has 0 fully saturated rings. The molecule has 8 heteroatoms. The van der Waals surface area contributed by atoms with Gasteiger partial charge >= 0.3 is 4.87 Å². The molecule has 2 heterocycles. The Morgan fingerprint density at radius 2 is 1.93 bits per heavy atom. The first-order valence-electron chi connectivity index (χ1n) is 9.09. The van der Waals surface area contributed by atoms with Gasteiger partial charge in [-0.3, -0.25) is 18.8 Å². The van der Waals surface area contributed by atoms with Crippen LogP contribution < -0.4 is 10.2 Å². The SMILES string of the molecule is Cc1cc(C)n(CCCNC(=O)Cn2c(-c3ccc(F)cc3)c(C)sc2=O)n1. The third kappa shape index (κ3) is 4.56. The molecule has 0 aliphatic carbocycles. The van der Waals surface area contributed by atoms with Gasteiger partial charge in [0.25, 0.3) is 0 Å². The molecule has 0 spiro atoms. The third-order valence-corrected chi connectivity index (χ3v) is 5.35. The molecule has 0 unspecified atom stereocenters. The molecule has 6 nitrogen and oxygen atoms in total. The molecule has 3 rings (SSSR count). The van der Waals surface area contributed by atoms with Gasteiger partial charge in [0.1, 0.15) is 12.4 Å². The molecule has 0 aliphatic rings. The monoisotopic (exact) mass is 402 g/mol. The van der Waals surface area contributed by atoms with Crippen LogP contribution in [-0.4, -0.2) is 26.8 Å². The van der Waals surface area contributed by atoms with Crippen LogP contribution in [0, 0.1) is 26.6 Å². The molecule has 3 aromatic rings. The van der Waals surface area contributed by atoms with Gasteiger partial charge in [0.2, 0.25) is 5.91 Å². The zero-order chi connectivity index (χ0) is 20.3. The first-order chi connectivity index (χ1) is 13.3. The third-order valence-electron chi connectivity index (χ3n) is 4.46. The molecular formula is C20H23FN4O2S. The van der Waals surface area contributed by atoms with Crippen LogP contribution in [0.3, 0.4) is 0 Å². The Bertz CT molecular complexity index is 1030. The van der Waals surface area contributed by atoms with Crippen LogP contribution in [0.5, 0.6) is 0 Å². The van der Waals surface area contributed by atoms with E-state index in [1.165, 1.54) is 16.7 Å². The molecule has 1 amide bonds. The van der Waals surface area contributed by atoms with E-state index in [1.807, 2.05) is 31.5 Å². The summed E-state index contributed by atoms with van der Waals surface area (Å²) < 4.78 is 16.6. The van der Waals surface area contributed by atoms with Crippen molar-refractivity contribution in [2.75, 3.05) is 6.54 Å². The Hall–Kier alpha value is -2.74. The second-order valence-electron chi connectivity index (χ2n) is 6.72. The zero-order valence-corrected chi connectivity index (χ0v) is 17.0. The average molecular weight is 402 g/mol. The Balaban J connectivity index is 1.62. The maximum absolute atomic E-state index is 13.2. The fraction of sp³-hybridized carbons (Fsp3) is 0.350. The quantitative estimate of drug-likeness (QED) is 0.618. The molecule has 0 aliphatic heterocycles. The summed E-state index contributed by atoms with van der Waals surface area (Å²) in [6, 6.07) is 7.95. The summed E-state index contributed by atoms with van der Waals surface area (Å²) in [6.45, 7) is 6.94. The van der Waals surface area contributed by atoms with Crippen LogP contribution >= 0.6 is 11.3 Å². The first-order valence-corrected chi connectivity index (χ1v) is 9.90. The van der Waals surface area contributed by atoms with E-state index in [4.69, 9.17) is 0 Å². The summed E-state index contributed by atoms with van der Waals surface area (Å²) in [5.74, 6) is -0.567. The molecule has 0 saturated heterocycles. The number of nitrogens with zero attached hydrogens (tertiary/aromatic N) is 3. The van der Waals surface area contributed by atoms with Gasteiger partial charge < -0.3 is 5.32 Å². The summed E-state index contributed by atoms with van der Waals surface area (Å²) >= 11 is 1.09. The highest BCUT2D eigenvalue weighted by molar-refractivity contribution is 7.09. The second-order valence-corrected chi connectivity index (χ2v) is 7.89. The molecule has 1 N–H and O–H groups in total. The second kappa shape index (κ2) is 8.52. The lowest BCUT2D eigenvalue weighted by molar-refractivity contribution is -0.121. The molecule has 0 atom stereocenters. The van der Waals surface area contributed by atoms with E-state index in [2.05, 4.69) is 10.4 Å². The van der Waals surface area contributed by atoms with Gasteiger partial charge in [-0.1, -0.05) is 11.3 Å². The average Bonchev–Trinajstić information content (AvgIpc) is 3.10. The standard InChI is InChI=1S/C20H23FN4O2S/c1-13-11-14(2)25(23-13)10-4-9-22-18(26)12-24-19(15(3)28-20(24)27)16-5-7-17(21)8-6-16/h5-8,11H,4,9-10,12H2,1-3H3,(H,22,26). The topological polar surface area (TPSA) is 68.9 Å². The van der Waals surface area contributed by atoms with Crippen LogP contribution in [0.15, 0.2) is 35.1 Å². The Morgan fingerprint density at radius 3 is 2.57 bits per heavy atom. The molecule has 28 heavy (non-hydrogen) atoms. The normalized spacial score (nSPS) is 11.0. The lowest BCUT2D eigenvalue weighted by atomic mass is 10.1. The predicted molar refractivity (Wildman–Crippen MR) is 108 cm³/mol. The van der Waals surface area contributed by atoms with Crippen molar-refractivity contribution in [1.82, 2.24) is 19.7 Å². The van der Waals surface area contributed by atoms with Crippen molar-refractivity contribution >= 4 is 17.2 Å². The van der Waals surface area contributed by atoms with Gasteiger partial charge in [-0.15, -0.1) is 0 Å². The Kier molecular flexibility index (Phi) is 6.08. The number of hydrogen-bond donors (Lipinski definition) is 1. The number of aromatic nitrogens is 3. The van der Waals surface area contributed by atoms with E-state index >= 15 is 0 Å². The van der Waals surface area contributed by atoms with E-state index in [1.54, 1.807) is 12.1 Å². The van der Waals surface area contributed by atoms with Gasteiger partial charge in [-0.05, 0) is 63.1 Å². The highest BCUT2D eigenvalue weighted by Gasteiger charge is 2.16. The molecule has 148 valence electrons. The molecular weight excluding hydrogens is 379 g/mol. The van der Waals surface area contributed by atoms with Gasteiger partial charge in [-0.2, -0.15) is 5.10 Å². The number of nitrogens with one attached hydrogen (secondary N) is 1. The van der Waals surface area contributed by atoms with Crippen molar-refractivity contribution in [2.24, 2.45) is 0 Å². The minimum Gasteiger partial charge on any atom is -0.354 e. The van der Waals surface area contributed by atoms with Gasteiger partial charge in [0.05, 0.1) is 11.4 Å². The van der Waals surface area contributed by atoms with Crippen LogP contribution in [0.4, 0.5) is 4.39 Å². The Labute approximate surface area is 166 Å². The first kappa shape index (κ1) is 20.0. The van der Waals surface area contributed by atoms with Crippen LogP contribution in [0.2, 0.25) is 0 Å². The largest absolute Gasteiger partial charge is 0.354 e. The zero-order valence-electron chi connectivity index (χ0n) is 16.2. The summed E-state index contributed by atoms with van der Waals surface area (Å²) in [5, 5.41) is 7.25. The number of benzene rings is 1. The van der Waals surface area contributed by atoms with E-state index in [9.17, 15) is 14.0 Å². The van der Waals surface area contributed by atoms with Gasteiger partial charge in [0.15, 0.2) is 0 Å². The highest BCUT2D eigenvalue weighted by atomic mass is 32.1. The highest BCUT2D eigenvalue weighted by Crippen LogP contribution is 2.25. The maximum atomic E-state index is 13.2. The van der Waals surface area contributed by atoms with Crippen molar-refractivity contribution in [3.63, 3.8) is 0 Å². The number of hydrogen-bond acceptors (Lipinski definition) is 4. The summed E-state index contributed by atoms with van der Waals surface area (Å²) in [5.41, 5.74) is 3.44. The van der Waals surface area contributed by atoms with Crippen molar-refractivity contribution < 1.29 is 9.18 Å². The summed E-state index contributed by atoms with van der Waals surface area (Å²) in [4.78, 5) is 25.3. The van der Waals surface area contributed by atoms with Gasteiger partial charge in [0, 0.05) is 23.7 Å². The van der Waals surface area contributed by atoms with E-state index in [0.29, 0.717) is 12.2 Å². The number of carbonyl (C=O) groups is 1. The van der Waals surface area contributed by atoms with Crippen molar-refractivity contribution in [2.45, 2.75) is 40.3 Å². The van der Waals surface area contributed by atoms with Crippen LogP contribution in [0.1, 0.15) is 22.7 Å². The lowest BCUT2D eigenvalue weighted by Gasteiger charge is -2.10. The lowest BCUT2D eigenvalue weighted by Crippen LogP contribution is -2.32. The molecule has 2 aromatic heterocycles. The van der Waals surface area contributed by atoms with Crippen LogP contribution in [0.25, 0.3) is 11.3 Å². The molecule has 0 radical (unpaired) electrons. The number of halogens is 1. The minimum absolute atomic E-state index is 0.0597. The number of rotatable bonds is 7. The number of thiazole rings is 1. The minimum atomic E-state index is -0.342. The van der Waals surface area contributed by atoms with Crippen molar-refractivity contribution in [3.05, 3.63) is 62.1 Å². The van der Waals surface area contributed by atoms with E-state index in [0.717, 1.165) is 46.1 Å². The van der Waals surface area contributed by atoms with E-state index in [-0.39, 0.29) is 23.1 Å². The van der Waals surface area contributed by atoms with Crippen molar-refractivity contribution in [3.8, 4) is 11.3 Å². The summed E-state index contributed by atoms with van der Waals surface area (Å²) in [7, 11) is 0. The smallest absolute Gasteiger partial charge is 0.308 e.